The first-order chi connectivity index (χ1) is 8.18. The van der Waals surface area contributed by atoms with Gasteiger partial charge in [0.1, 0.15) is 0 Å². The van der Waals surface area contributed by atoms with Gasteiger partial charge < -0.3 is 11.1 Å². The number of hydrogen-bond acceptors (Lipinski definition) is 3. The number of aromatic amines is 1. The number of halogens is 1. The van der Waals surface area contributed by atoms with Gasteiger partial charge in [0.25, 0.3) is 5.91 Å². The third-order valence-electron chi connectivity index (χ3n) is 2.28. The molecule has 5 nitrogen and oxygen atoms in total. The van der Waals surface area contributed by atoms with E-state index in [4.69, 9.17) is 17.3 Å². The van der Waals surface area contributed by atoms with Crippen LogP contribution in [0, 0.1) is 0 Å². The van der Waals surface area contributed by atoms with Gasteiger partial charge in [0.15, 0.2) is 0 Å². The van der Waals surface area contributed by atoms with Crippen LogP contribution in [0.5, 0.6) is 0 Å². The average Bonchev–Trinajstić information content (AvgIpc) is 2.79. The highest BCUT2D eigenvalue weighted by Gasteiger charge is 2.13. The Bertz CT molecular complexity index is 504. The van der Waals surface area contributed by atoms with Crippen LogP contribution in [0.25, 0.3) is 0 Å². The van der Waals surface area contributed by atoms with E-state index in [0.29, 0.717) is 22.8 Å². The zero-order chi connectivity index (χ0) is 12.3. The molecular formula is C11H11ClN4O. The number of carbonyl (C=O) groups is 1. The quantitative estimate of drug-likeness (QED) is 0.723. The van der Waals surface area contributed by atoms with E-state index in [1.807, 2.05) is 0 Å². The van der Waals surface area contributed by atoms with Crippen molar-refractivity contribution < 1.29 is 4.79 Å². The highest BCUT2D eigenvalue weighted by molar-refractivity contribution is 6.34. The maximum absolute atomic E-state index is 11.9. The van der Waals surface area contributed by atoms with Crippen molar-refractivity contribution in [1.29, 1.82) is 0 Å². The van der Waals surface area contributed by atoms with Gasteiger partial charge in [-0.25, -0.2) is 0 Å². The lowest BCUT2D eigenvalue weighted by atomic mass is 10.1. The van der Waals surface area contributed by atoms with Crippen molar-refractivity contribution in [3.05, 3.63) is 46.7 Å². The first-order valence-electron chi connectivity index (χ1n) is 4.98. The molecule has 0 fully saturated rings. The maximum Gasteiger partial charge on any atom is 0.255 e. The molecule has 0 saturated heterocycles. The summed E-state index contributed by atoms with van der Waals surface area (Å²) in [5, 5.41) is 9.51. The molecular weight excluding hydrogens is 240 g/mol. The van der Waals surface area contributed by atoms with Gasteiger partial charge >= 0.3 is 0 Å². The molecule has 0 aliphatic rings. The number of nitrogens with zero attached hydrogens (tertiary/aromatic N) is 1. The molecule has 88 valence electrons. The van der Waals surface area contributed by atoms with Crippen molar-refractivity contribution in [2.45, 2.75) is 6.54 Å². The fourth-order valence-electron chi connectivity index (χ4n) is 1.43. The molecule has 2 aromatic rings. The molecule has 1 aromatic carbocycles. The number of benzene rings is 1. The number of amides is 1. The number of nitrogens with two attached hydrogens (primary N) is 1. The van der Waals surface area contributed by atoms with E-state index in [9.17, 15) is 4.79 Å². The largest absolute Gasteiger partial charge is 0.398 e. The van der Waals surface area contributed by atoms with E-state index in [1.54, 1.807) is 30.6 Å². The molecule has 0 radical (unpaired) electrons. The van der Waals surface area contributed by atoms with Crippen molar-refractivity contribution in [2.24, 2.45) is 0 Å². The normalized spacial score (nSPS) is 10.2. The summed E-state index contributed by atoms with van der Waals surface area (Å²) < 4.78 is 0. The molecule has 0 aliphatic heterocycles. The van der Waals surface area contributed by atoms with E-state index >= 15 is 0 Å². The standard InChI is InChI=1S/C11H11ClN4O/c12-8-2-1-3-9(13)10(8)11(17)14-4-7-5-15-16-6-7/h1-3,5-6H,4,13H2,(H,14,17)(H,15,16). The average molecular weight is 251 g/mol. The van der Waals surface area contributed by atoms with E-state index in [2.05, 4.69) is 15.5 Å². The molecule has 0 spiro atoms. The SMILES string of the molecule is Nc1cccc(Cl)c1C(=O)NCc1cn[nH]c1. The Labute approximate surface area is 103 Å². The second-order valence-electron chi connectivity index (χ2n) is 3.49. The Morgan fingerprint density at radius 2 is 2.35 bits per heavy atom. The number of rotatable bonds is 3. The third kappa shape index (κ3) is 2.57. The van der Waals surface area contributed by atoms with Crippen LogP contribution in [-0.4, -0.2) is 16.1 Å². The van der Waals surface area contributed by atoms with Gasteiger partial charge in [-0.3, -0.25) is 9.89 Å². The lowest BCUT2D eigenvalue weighted by Gasteiger charge is -2.08. The summed E-state index contributed by atoms with van der Waals surface area (Å²) in [6, 6.07) is 4.97. The van der Waals surface area contributed by atoms with Crippen molar-refractivity contribution in [3.63, 3.8) is 0 Å². The summed E-state index contributed by atoms with van der Waals surface area (Å²) in [6.45, 7) is 0.375. The predicted octanol–water partition coefficient (Wildman–Crippen LogP) is 1.58. The molecule has 17 heavy (non-hydrogen) atoms. The molecule has 0 atom stereocenters. The Kier molecular flexibility index (Phi) is 3.30. The molecule has 1 amide bonds. The molecule has 2 rings (SSSR count). The van der Waals surface area contributed by atoms with E-state index in [-0.39, 0.29) is 5.91 Å². The topological polar surface area (TPSA) is 83.8 Å². The van der Waals surface area contributed by atoms with Gasteiger partial charge in [-0.05, 0) is 12.1 Å². The summed E-state index contributed by atoms with van der Waals surface area (Å²) in [7, 11) is 0. The van der Waals surface area contributed by atoms with Crippen molar-refractivity contribution >= 4 is 23.2 Å². The predicted molar refractivity (Wildman–Crippen MR) is 65.6 cm³/mol. The third-order valence-corrected chi connectivity index (χ3v) is 2.60. The van der Waals surface area contributed by atoms with Gasteiger partial charge in [-0.1, -0.05) is 17.7 Å². The highest BCUT2D eigenvalue weighted by Crippen LogP contribution is 2.21. The zero-order valence-electron chi connectivity index (χ0n) is 8.90. The molecule has 0 aliphatic carbocycles. The van der Waals surface area contributed by atoms with Crippen LogP contribution in [0.3, 0.4) is 0 Å². The minimum Gasteiger partial charge on any atom is -0.398 e. The number of H-pyrrole nitrogens is 1. The van der Waals surface area contributed by atoms with Crippen LogP contribution in [0.15, 0.2) is 30.6 Å². The number of hydrogen-bond donors (Lipinski definition) is 3. The van der Waals surface area contributed by atoms with Gasteiger partial charge in [0.05, 0.1) is 16.8 Å². The summed E-state index contributed by atoms with van der Waals surface area (Å²) in [5.74, 6) is -0.297. The Balaban J connectivity index is 2.10. The Hall–Kier alpha value is -2.01. The number of anilines is 1. The molecule has 0 unspecified atom stereocenters. The molecule has 0 bridgehead atoms. The summed E-state index contributed by atoms with van der Waals surface area (Å²) in [5.41, 5.74) is 7.25. The fraction of sp³-hybridized carbons (Fsp3) is 0.0909. The monoisotopic (exact) mass is 250 g/mol. The van der Waals surface area contributed by atoms with Crippen LogP contribution >= 0.6 is 11.6 Å². The Morgan fingerprint density at radius 1 is 1.53 bits per heavy atom. The highest BCUT2D eigenvalue weighted by atomic mass is 35.5. The first kappa shape index (κ1) is 11.5. The smallest absolute Gasteiger partial charge is 0.255 e. The molecule has 1 heterocycles. The van der Waals surface area contributed by atoms with Crippen LogP contribution in [0.1, 0.15) is 15.9 Å². The van der Waals surface area contributed by atoms with Gasteiger partial charge in [0.2, 0.25) is 0 Å². The van der Waals surface area contributed by atoms with E-state index < -0.39 is 0 Å². The summed E-state index contributed by atoms with van der Waals surface area (Å²) in [6.07, 6.45) is 3.34. The zero-order valence-corrected chi connectivity index (χ0v) is 9.66. The maximum atomic E-state index is 11.9. The first-order valence-corrected chi connectivity index (χ1v) is 5.36. The number of nitrogen functional groups attached to an aromatic ring is 1. The van der Waals surface area contributed by atoms with Gasteiger partial charge in [0, 0.05) is 24.0 Å². The van der Waals surface area contributed by atoms with Crippen molar-refractivity contribution in [3.8, 4) is 0 Å². The summed E-state index contributed by atoms with van der Waals surface area (Å²) in [4.78, 5) is 11.9. The van der Waals surface area contributed by atoms with Crippen molar-refractivity contribution in [2.75, 3.05) is 5.73 Å². The van der Waals surface area contributed by atoms with E-state index in [0.717, 1.165) is 5.56 Å². The lowest BCUT2D eigenvalue weighted by Crippen LogP contribution is -2.24. The number of nitrogens with one attached hydrogen (secondary N) is 2. The van der Waals surface area contributed by atoms with Gasteiger partial charge in [-0.2, -0.15) is 5.10 Å². The number of aromatic nitrogens is 2. The van der Waals surface area contributed by atoms with E-state index in [1.165, 1.54) is 0 Å². The van der Waals surface area contributed by atoms with Crippen LogP contribution < -0.4 is 11.1 Å². The molecule has 4 N–H and O–H groups in total. The van der Waals surface area contributed by atoms with Crippen LogP contribution in [0.4, 0.5) is 5.69 Å². The molecule has 0 saturated carbocycles. The lowest BCUT2D eigenvalue weighted by molar-refractivity contribution is 0.0952. The van der Waals surface area contributed by atoms with Crippen LogP contribution in [0.2, 0.25) is 5.02 Å². The molecule has 1 aromatic heterocycles. The second kappa shape index (κ2) is 4.88. The minimum absolute atomic E-state index is 0.297. The number of carbonyl (C=O) groups excluding carboxylic acids is 1. The summed E-state index contributed by atoms with van der Waals surface area (Å²) >= 11 is 5.93. The molecule has 6 heteroatoms. The fourth-order valence-corrected chi connectivity index (χ4v) is 1.69. The second-order valence-corrected chi connectivity index (χ2v) is 3.90. The van der Waals surface area contributed by atoms with Gasteiger partial charge in [-0.15, -0.1) is 0 Å². The Morgan fingerprint density at radius 3 is 3.00 bits per heavy atom. The minimum atomic E-state index is -0.297. The van der Waals surface area contributed by atoms with Crippen LogP contribution in [-0.2, 0) is 6.54 Å². The van der Waals surface area contributed by atoms with Crippen molar-refractivity contribution in [1.82, 2.24) is 15.5 Å².